The van der Waals surface area contributed by atoms with E-state index in [2.05, 4.69) is 20.0 Å². The van der Waals surface area contributed by atoms with E-state index in [1.165, 1.54) is 12.8 Å². The predicted molar refractivity (Wildman–Crippen MR) is 40.9 cm³/mol. The molecule has 0 N–H and O–H groups in total. The summed E-state index contributed by atoms with van der Waals surface area (Å²) in [5, 5.41) is 0. The first kappa shape index (κ1) is 6.34. The van der Waals surface area contributed by atoms with Gasteiger partial charge in [0.15, 0.2) is 0 Å². The molecule has 0 aromatic carbocycles. The molecule has 0 aliphatic carbocycles. The third-order valence-electron chi connectivity index (χ3n) is 2.79. The largest absolute Gasteiger partial charge is 0.0692 e. The molecule has 0 aromatic heterocycles. The van der Waals surface area contributed by atoms with Crippen molar-refractivity contribution in [2.75, 3.05) is 0 Å². The van der Waals surface area contributed by atoms with Crippen molar-refractivity contribution in [3.8, 4) is 0 Å². The zero-order valence-corrected chi connectivity index (χ0v) is 7.20. The van der Waals surface area contributed by atoms with Crippen LogP contribution in [0, 0.1) is 0 Å². The monoisotopic (exact) mass is 128 g/mol. The second-order valence-electron chi connectivity index (χ2n) is 3.78. The minimum atomic E-state index is -0.644. The van der Waals surface area contributed by atoms with Crippen molar-refractivity contribution in [2.45, 2.75) is 44.4 Å². The maximum absolute atomic E-state index is 2.52. The Kier molecular flexibility index (Phi) is 1.48. The van der Waals surface area contributed by atoms with Gasteiger partial charge in [0.1, 0.15) is 0 Å². The summed E-state index contributed by atoms with van der Waals surface area (Å²) in [4.78, 5) is 0. The molecule has 1 unspecified atom stereocenters. The minimum absolute atomic E-state index is 0.644. The summed E-state index contributed by atoms with van der Waals surface area (Å²) in [6.45, 7) is 7.47. The Hall–Kier alpha value is 0.217. The molecule has 1 aliphatic heterocycles. The van der Waals surface area contributed by atoms with Crippen molar-refractivity contribution in [3.05, 3.63) is 0 Å². The van der Waals surface area contributed by atoms with Gasteiger partial charge in [0.2, 0.25) is 0 Å². The van der Waals surface area contributed by atoms with Crippen LogP contribution < -0.4 is 0 Å². The highest BCUT2D eigenvalue weighted by atomic mass is 28.3. The molecule has 0 nitrogen and oxygen atoms in total. The van der Waals surface area contributed by atoms with Crippen molar-refractivity contribution in [1.29, 1.82) is 0 Å². The highest BCUT2D eigenvalue weighted by Gasteiger charge is 2.32. The van der Waals surface area contributed by atoms with Crippen molar-refractivity contribution in [2.24, 2.45) is 0 Å². The molecule has 0 bridgehead atoms. The zero-order chi connectivity index (χ0) is 6.20. The number of hydrogen-bond acceptors (Lipinski definition) is 0. The first-order chi connectivity index (χ1) is 3.63. The summed E-state index contributed by atoms with van der Waals surface area (Å²) >= 11 is 0. The van der Waals surface area contributed by atoms with Crippen LogP contribution in [0.5, 0.6) is 0 Å². The Bertz CT molecular complexity index is 86.4. The number of rotatable bonds is 0. The topological polar surface area (TPSA) is 0 Å². The van der Waals surface area contributed by atoms with E-state index >= 15 is 0 Å². The first-order valence-electron chi connectivity index (χ1n) is 3.63. The van der Waals surface area contributed by atoms with E-state index in [4.69, 9.17) is 0 Å². The Morgan fingerprint density at radius 1 is 1.38 bits per heavy atom. The van der Waals surface area contributed by atoms with Gasteiger partial charge in [0.05, 0.1) is 8.07 Å². The average Bonchev–Trinajstić information content (AvgIpc) is 1.86. The summed E-state index contributed by atoms with van der Waals surface area (Å²) in [5.41, 5.74) is 1.10. The maximum atomic E-state index is 2.52. The van der Waals surface area contributed by atoms with Crippen LogP contribution in [0.25, 0.3) is 0 Å². The third-order valence-corrected chi connectivity index (χ3v) is 7.39. The quantitative estimate of drug-likeness (QED) is 0.440. The lowest BCUT2D eigenvalue weighted by Crippen LogP contribution is -2.24. The van der Waals surface area contributed by atoms with E-state index in [1.54, 1.807) is 6.04 Å². The molecule has 8 heavy (non-hydrogen) atoms. The van der Waals surface area contributed by atoms with E-state index in [-0.39, 0.29) is 0 Å². The summed E-state index contributed by atoms with van der Waals surface area (Å²) in [6.07, 6.45) is 3.03. The minimum Gasteiger partial charge on any atom is -0.0692 e. The Morgan fingerprint density at radius 3 is 2.12 bits per heavy atom. The van der Waals surface area contributed by atoms with Gasteiger partial charge in [-0.1, -0.05) is 38.9 Å². The number of hydrogen-bond donors (Lipinski definition) is 0. The summed E-state index contributed by atoms with van der Waals surface area (Å²) in [5.74, 6) is 0. The molecule has 1 rings (SSSR count). The van der Waals surface area contributed by atoms with Gasteiger partial charge in [-0.25, -0.2) is 0 Å². The van der Waals surface area contributed by atoms with Crippen LogP contribution >= 0.6 is 0 Å². The SMILES string of the molecule is CC1CCC[Si]1(C)C. The Labute approximate surface area is 53.3 Å². The predicted octanol–water partition coefficient (Wildman–Crippen LogP) is 2.88. The van der Waals surface area contributed by atoms with Gasteiger partial charge in [-0.05, 0) is 5.54 Å². The summed E-state index contributed by atoms with van der Waals surface area (Å²) < 4.78 is 0. The lowest BCUT2D eigenvalue weighted by Gasteiger charge is -2.19. The smallest absolute Gasteiger partial charge is 0.0502 e. The van der Waals surface area contributed by atoms with Gasteiger partial charge < -0.3 is 0 Å². The van der Waals surface area contributed by atoms with Crippen molar-refractivity contribution >= 4 is 8.07 Å². The van der Waals surface area contributed by atoms with Crippen molar-refractivity contribution in [3.63, 3.8) is 0 Å². The molecule has 1 heteroatoms. The Balaban J connectivity index is 2.54. The second-order valence-corrected chi connectivity index (χ2v) is 9.24. The molecular formula is C7H16Si. The Morgan fingerprint density at radius 2 is 2.00 bits per heavy atom. The van der Waals surface area contributed by atoms with Crippen LogP contribution in [0.4, 0.5) is 0 Å². The molecule has 0 radical (unpaired) electrons. The van der Waals surface area contributed by atoms with Gasteiger partial charge in [-0.15, -0.1) is 0 Å². The molecule has 0 aromatic rings. The highest BCUT2D eigenvalue weighted by molar-refractivity contribution is 6.79. The lowest BCUT2D eigenvalue weighted by molar-refractivity contribution is 0.816. The van der Waals surface area contributed by atoms with Crippen LogP contribution in [0.3, 0.4) is 0 Å². The zero-order valence-electron chi connectivity index (χ0n) is 6.20. The van der Waals surface area contributed by atoms with E-state index in [1.807, 2.05) is 0 Å². The molecule has 1 heterocycles. The standard InChI is InChI=1S/C7H16Si/c1-7-5-4-6-8(7,2)3/h7H,4-6H2,1-3H3. The van der Waals surface area contributed by atoms with E-state index in [0.717, 1.165) is 5.54 Å². The fraction of sp³-hybridized carbons (Fsp3) is 1.00. The molecule has 1 atom stereocenters. The first-order valence-corrected chi connectivity index (χ1v) is 6.91. The van der Waals surface area contributed by atoms with Crippen LogP contribution in [-0.4, -0.2) is 8.07 Å². The molecule has 1 fully saturated rings. The molecule has 48 valence electrons. The van der Waals surface area contributed by atoms with Crippen LogP contribution in [0.2, 0.25) is 24.7 Å². The molecule has 1 aliphatic rings. The third kappa shape index (κ3) is 0.969. The van der Waals surface area contributed by atoms with Gasteiger partial charge >= 0.3 is 0 Å². The fourth-order valence-electron chi connectivity index (χ4n) is 1.50. The fourth-order valence-corrected chi connectivity index (χ4v) is 4.09. The van der Waals surface area contributed by atoms with E-state index in [9.17, 15) is 0 Å². The molecular weight excluding hydrogens is 112 g/mol. The summed E-state index contributed by atoms with van der Waals surface area (Å²) in [7, 11) is -0.644. The summed E-state index contributed by atoms with van der Waals surface area (Å²) in [6, 6.07) is 1.58. The normalized spacial score (nSPS) is 35.6. The van der Waals surface area contributed by atoms with Gasteiger partial charge in [0.25, 0.3) is 0 Å². The maximum Gasteiger partial charge on any atom is 0.0502 e. The average molecular weight is 128 g/mol. The van der Waals surface area contributed by atoms with Crippen LogP contribution in [0.15, 0.2) is 0 Å². The van der Waals surface area contributed by atoms with Gasteiger partial charge in [0, 0.05) is 0 Å². The highest BCUT2D eigenvalue weighted by Crippen LogP contribution is 2.38. The van der Waals surface area contributed by atoms with Gasteiger partial charge in [-0.3, -0.25) is 0 Å². The molecule has 0 amide bonds. The second kappa shape index (κ2) is 1.87. The van der Waals surface area contributed by atoms with Crippen LogP contribution in [-0.2, 0) is 0 Å². The molecule has 0 saturated carbocycles. The van der Waals surface area contributed by atoms with E-state index < -0.39 is 8.07 Å². The molecule has 1 saturated heterocycles. The molecule has 0 spiro atoms. The van der Waals surface area contributed by atoms with E-state index in [0.29, 0.717) is 0 Å². The van der Waals surface area contributed by atoms with Crippen molar-refractivity contribution < 1.29 is 0 Å². The lowest BCUT2D eigenvalue weighted by atomic mass is 10.3. The van der Waals surface area contributed by atoms with Crippen molar-refractivity contribution in [1.82, 2.24) is 0 Å². The van der Waals surface area contributed by atoms with Gasteiger partial charge in [-0.2, -0.15) is 0 Å². The van der Waals surface area contributed by atoms with Crippen LogP contribution in [0.1, 0.15) is 19.8 Å².